The Morgan fingerprint density at radius 1 is 1.44 bits per heavy atom. The van der Waals surface area contributed by atoms with E-state index in [4.69, 9.17) is 0 Å². The first-order chi connectivity index (χ1) is 7.47. The highest BCUT2D eigenvalue weighted by Gasteiger charge is 2.33. The van der Waals surface area contributed by atoms with Gasteiger partial charge in [-0.1, -0.05) is 50.0 Å². The number of carbonyl (C=O) groups excluding carboxylic acids is 1. The SMILES string of the molecule is CCC1CCC(NC(=O)C(Br)C(C)C)C1C. The van der Waals surface area contributed by atoms with E-state index in [0.29, 0.717) is 17.9 Å². The summed E-state index contributed by atoms with van der Waals surface area (Å²) in [5.41, 5.74) is 0. The second-order valence-corrected chi connectivity index (χ2v) is 6.35. The van der Waals surface area contributed by atoms with Gasteiger partial charge in [-0.25, -0.2) is 0 Å². The average molecular weight is 290 g/mol. The largest absolute Gasteiger partial charge is 0.352 e. The lowest BCUT2D eigenvalue weighted by Gasteiger charge is -2.23. The van der Waals surface area contributed by atoms with Crippen molar-refractivity contribution in [3.8, 4) is 0 Å². The Morgan fingerprint density at radius 2 is 2.06 bits per heavy atom. The van der Waals surface area contributed by atoms with Gasteiger partial charge in [-0.15, -0.1) is 0 Å². The Morgan fingerprint density at radius 3 is 2.50 bits per heavy atom. The molecular formula is C13H24BrNO. The van der Waals surface area contributed by atoms with Crippen molar-refractivity contribution in [3.63, 3.8) is 0 Å². The highest BCUT2D eigenvalue weighted by atomic mass is 79.9. The van der Waals surface area contributed by atoms with Gasteiger partial charge in [0.15, 0.2) is 0 Å². The minimum atomic E-state index is -0.0552. The van der Waals surface area contributed by atoms with Gasteiger partial charge in [-0.2, -0.15) is 0 Å². The molecule has 1 saturated carbocycles. The number of rotatable bonds is 4. The number of carbonyl (C=O) groups is 1. The maximum Gasteiger partial charge on any atom is 0.234 e. The monoisotopic (exact) mass is 289 g/mol. The summed E-state index contributed by atoms with van der Waals surface area (Å²) in [7, 11) is 0. The van der Waals surface area contributed by atoms with Crippen LogP contribution in [0.1, 0.15) is 47.0 Å². The molecule has 0 heterocycles. The molecule has 1 aliphatic rings. The molecule has 0 aromatic rings. The van der Waals surface area contributed by atoms with Crippen LogP contribution in [-0.4, -0.2) is 16.8 Å². The Bertz CT molecular complexity index is 242. The van der Waals surface area contributed by atoms with Crippen LogP contribution in [0.25, 0.3) is 0 Å². The smallest absolute Gasteiger partial charge is 0.234 e. The third kappa shape index (κ3) is 3.22. The fourth-order valence-electron chi connectivity index (χ4n) is 2.59. The van der Waals surface area contributed by atoms with E-state index in [1.165, 1.54) is 12.8 Å². The Balaban J connectivity index is 2.47. The van der Waals surface area contributed by atoms with E-state index < -0.39 is 0 Å². The van der Waals surface area contributed by atoms with Crippen molar-refractivity contribution in [2.75, 3.05) is 0 Å². The summed E-state index contributed by atoms with van der Waals surface area (Å²) in [6, 6.07) is 0.385. The highest BCUT2D eigenvalue weighted by Crippen LogP contribution is 2.34. The molecule has 0 aromatic carbocycles. The van der Waals surface area contributed by atoms with Crippen LogP contribution in [0.5, 0.6) is 0 Å². The van der Waals surface area contributed by atoms with Crippen molar-refractivity contribution in [1.29, 1.82) is 0 Å². The third-order valence-corrected chi connectivity index (χ3v) is 5.39. The van der Waals surface area contributed by atoms with Crippen LogP contribution >= 0.6 is 15.9 Å². The van der Waals surface area contributed by atoms with Crippen molar-refractivity contribution in [3.05, 3.63) is 0 Å². The zero-order chi connectivity index (χ0) is 12.3. The van der Waals surface area contributed by atoms with Crippen LogP contribution in [0.4, 0.5) is 0 Å². The Kier molecular flexibility index (Phi) is 5.29. The van der Waals surface area contributed by atoms with E-state index in [1.807, 2.05) is 0 Å². The minimum Gasteiger partial charge on any atom is -0.352 e. The maximum atomic E-state index is 11.9. The van der Waals surface area contributed by atoms with Gasteiger partial charge >= 0.3 is 0 Å². The summed E-state index contributed by atoms with van der Waals surface area (Å²) in [5, 5.41) is 3.19. The summed E-state index contributed by atoms with van der Waals surface area (Å²) in [6.45, 7) is 8.63. The molecule has 1 N–H and O–H groups in total. The first-order valence-electron chi connectivity index (χ1n) is 6.41. The van der Waals surface area contributed by atoms with Gasteiger partial charge in [-0.05, 0) is 30.6 Å². The minimum absolute atomic E-state index is 0.0552. The molecule has 0 aromatic heterocycles. The quantitative estimate of drug-likeness (QED) is 0.790. The Labute approximate surface area is 108 Å². The van der Waals surface area contributed by atoms with E-state index in [1.54, 1.807) is 0 Å². The lowest BCUT2D eigenvalue weighted by molar-refractivity contribution is -0.122. The molecule has 1 rings (SSSR count). The fraction of sp³-hybridized carbons (Fsp3) is 0.923. The first kappa shape index (κ1) is 14.0. The third-order valence-electron chi connectivity index (χ3n) is 3.91. The van der Waals surface area contributed by atoms with Gasteiger partial charge in [0.2, 0.25) is 5.91 Å². The summed E-state index contributed by atoms with van der Waals surface area (Å²) in [6.07, 6.45) is 3.63. The predicted molar refractivity (Wildman–Crippen MR) is 71.7 cm³/mol. The molecule has 0 spiro atoms. The molecule has 1 aliphatic carbocycles. The zero-order valence-electron chi connectivity index (χ0n) is 10.8. The standard InChI is InChI=1S/C13H24BrNO/c1-5-10-6-7-11(9(10)4)15-13(16)12(14)8(2)3/h8-12H,5-7H2,1-4H3,(H,15,16). The molecule has 0 saturated heterocycles. The summed E-state index contributed by atoms with van der Waals surface area (Å²) in [4.78, 5) is 11.9. The molecular weight excluding hydrogens is 266 g/mol. The van der Waals surface area contributed by atoms with Crippen LogP contribution in [-0.2, 0) is 4.79 Å². The van der Waals surface area contributed by atoms with E-state index >= 15 is 0 Å². The maximum absolute atomic E-state index is 11.9. The van der Waals surface area contributed by atoms with Crippen LogP contribution in [0.3, 0.4) is 0 Å². The summed E-state index contributed by atoms with van der Waals surface area (Å²) in [5.74, 6) is 1.92. The molecule has 4 unspecified atom stereocenters. The topological polar surface area (TPSA) is 29.1 Å². The number of alkyl halides is 1. The lowest BCUT2D eigenvalue weighted by Crippen LogP contribution is -2.42. The van der Waals surface area contributed by atoms with Crippen LogP contribution < -0.4 is 5.32 Å². The molecule has 0 aliphatic heterocycles. The molecule has 0 radical (unpaired) electrons. The molecule has 94 valence electrons. The average Bonchev–Trinajstić information content (AvgIpc) is 2.58. The number of amides is 1. The highest BCUT2D eigenvalue weighted by molar-refractivity contribution is 9.10. The summed E-state index contributed by atoms with van der Waals surface area (Å²) < 4.78 is 0. The first-order valence-corrected chi connectivity index (χ1v) is 7.33. The summed E-state index contributed by atoms with van der Waals surface area (Å²) >= 11 is 3.45. The predicted octanol–water partition coefficient (Wildman–Crippen LogP) is 3.35. The van der Waals surface area contributed by atoms with Gasteiger partial charge in [0, 0.05) is 6.04 Å². The van der Waals surface area contributed by atoms with Crippen molar-refractivity contribution in [2.24, 2.45) is 17.8 Å². The van der Waals surface area contributed by atoms with E-state index in [2.05, 4.69) is 48.9 Å². The van der Waals surface area contributed by atoms with Gasteiger partial charge in [0.05, 0.1) is 4.83 Å². The van der Waals surface area contributed by atoms with Gasteiger partial charge in [0.25, 0.3) is 0 Å². The van der Waals surface area contributed by atoms with Crippen LogP contribution in [0, 0.1) is 17.8 Å². The number of hydrogen-bond acceptors (Lipinski definition) is 1. The van der Waals surface area contributed by atoms with E-state index in [-0.39, 0.29) is 10.7 Å². The van der Waals surface area contributed by atoms with Crippen molar-refractivity contribution in [1.82, 2.24) is 5.32 Å². The van der Waals surface area contributed by atoms with Gasteiger partial charge < -0.3 is 5.32 Å². The molecule has 1 fully saturated rings. The van der Waals surface area contributed by atoms with E-state index in [0.717, 1.165) is 12.3 Å². The Hall–Kier alpha value is -0.0500. The number of halogens is 1. The number of nitrogens with one attached hydrogen (secondary N) is 1. The number of hydrogen-bond donors (Lipinski definition) is 1. The molecule has 0 bridgehead atoms. The van der Waals surface area contributed by atoms with E-state index in [9.17, 15) is 4.79 Å². The molecule has 4 atom stereocenters. The second-order valence-electron chi connectivity index (χ2n) is 5.37. The molecule has 1 amide bonds. The molecule has 3 heteroatoms. The van der Waals surface area contributed by atoms with Crippen LogP contribution in [0.2, 0.25) is 0 Å². The van der Waals surface area contributed by atoms with Crippen molar-refractivity contribution < 1.29 is 4.79 Å². The fourth-order valence-corrected chi connectivity index (χ4v) is 2.72. The van der Waals surface area contributed by atoms with Gasteiger partial charge in [-0.3, -0.25) is 4.79 Å². The zero-order valence-corrected chi connectivity index (χ0v) is 12.4. The lowest BCUT2D eigenvalue weighted by atomic mass is 9.93. The van der Waals surface area contributed by atoms with Gasteiger partial charge in [0.1, 0.15) is 0 Å². The van der Waals surface area contributed by atoms with Crippen molar-refractivity contribution >= 4 is 21.8 Å². The van der Waals surface area contributed by atoms with Crippen LogP contribution in [0.15, 0.2) is 0 Å². The van der Waals surface area contributed by atoms with Crippen molar-refractivity contribution in [2.45, 2.75) is 57.8 Å². The molecule has 2 nitrogen and oxygen atoms in total. The second kappa shape index (κ2) is 6.04. The molecule has 16 heavy (non-hydrogen) atoms. The normalized spacial score (nSPS) is 31.8.